The van der Waals surface area contributed by atoms with Crippen LogP contribution in [0.1, 0.15) is 31.2 Å². The maximum Gasteiger partial charge on any atom is 0.450 e. The number of Topliss-reactive ketones (excluding diaryl/α,β-unsaturated/α-hetero) is 1. The van der Waals surface area contributed by atoms with Crippen LogP contribution in [0.15, 0.2) is 24.3 Å². The van der Waals surface area contributed by atoms with E-state index in [0.29, 0.717) is 46.2 Å². The zero-order valence-corrected chi connectivity index (χ0v) is 18.6. The van der Waals surface area contributed by atoms with Crippen LogP contribution in [0.2, 0.25) is 15.1 Å². The molecule has 0 radical (unpaired) electrons. The van der Waals surface area contributed by atoms with Gasteiger partial charge in [-0.2, -0.15) is 13.2 Å². The number of ketones is 1. The van der Waals surface area contributed by atoms with E-state index in [1.54, 1.807) is 23.6 Å². The lowest BCUT2D eigenvalue weighted by atomic mass is 9.88. The molecule has 0 aliphatic carbocycles. The van der Waals surface area contributed by atoms with Gasteiger partial charge in [0.25, 0.3) is 0 Å². The van der Waals surface area contributed by atoms with Crippen molar-refractivity contribution in [3.05, 3.63) is 44.9 Å². The van der Waals surface area contributed by atoms with Crippen LogP contribution in [0.4, 0.5) is 19.1 Å². The van der Waals surface area contributed by atoms with Crippen molar-refractivity contribution in [2.24, 2.45) is 0 Å². The maximum atomic E-state index is 13.4. The average molecular weight is 491 g/mol. The molecule has 4 nitrogen and oxygen atoms in total. The molecule has 0 amide bonds. The number of carbonyl (C=O) groups excluding carboxylic acids is 1. The normalized spacial score (nSPS) is 14.9. The highest BCUT2D eigenvalue weighted by molar-refractivity contribution is 6.40. The number of imidazole rings is 1. The fourth-order valence-corrected chi connectivity index (χ4v) is 4.82. The second-order valence-electron chi connectivity index (χ2n) is 7.34. The smallest absolute Gasteiger partial charge is 0.356 e. The van der Waals surface area contributed by atoms with Gasteiger partial charge < -0.3 is 9.88 Å². The minimum atomic E-state index is -4.96. The summed E-state index contributed by atoms with van der Waals surface area (Å²) in [6.07, 6.45) is -4.23. The minimum absolute atomic E-state index is 0.0309. The summed E-state index contributed by atoms with van der Waals surface area (Å²) in [6, 6.07) is 6.31. The van der Waals surface area contributed by atoms with E-state index in [-0.39, 0.29) is 22.0 Å². The van der Waals surface area contributed by atoms with Crippen LogP contribution in [0, 0.1) is 0 Å². The Balaban J connectivity index is 2.06. The molecule has 1 N–H and O–H groups in total. The number of aryl methyl sites for hydroxylation is 1. The first-order chi connectivity index (χ1) is 14.6. The summed E-state index contributed by atoms with van der Waals surface area (Å²) in [6.45, 7) is 2.79. The van der Waals surface area contributed by atoms with Gasteiger partial charge in [-0.3, -0.25) is 4.79 Å². The maximum absolute atomic E-state index is 13.4. The van der Waals surface area contributed by atoms with Crippen LogP contribution in [-0.4, -0.2) is 28.1 Å². The van der Waals surface area contributed by atoms with E-state index in [4.69, 9.17) is 34.8 Å². The van der Waals surface area contributed by atoms with E-state index in [1.165, 1.54) is 12.1 Å². The minimum Gasteiger partial charge on any atom is -0.356 e. The van der Waals surface area contributed by atoms with Gasteiger partial charge in [0.1, 0.15) is 5.52 Å². The van der Waals surface area contributed by atoms with Gasteiger partial charge in [-0.25, -0.2) is 4.98 Å². The number of hydrogen-bond acceptors (Lipinski definition) is 3. The van der Waals surface area contributed by atoms with Crippen molar-refractivity contribution in [2.45, 2.75) is 38.4 Å². The van der Waals surface area contributed by atoms with Crippen molar-refractivity contribution in [3.8, 4) is 11.1 Å². The third kappa shape index (κ3) is 3.88. The van der Waals surface area contributed by atoms with Gasteiger partial charge in [0, 0.05) is 34.3 Å². The monoisotopic (exact) mass is 489 g/mol. The Hall–Kier alpha value is -1.96. The molecule has 164 valence electrons. The van der Waals surface area contributed by atoms with Crippen molar-refractivity contribution in [1.82, 2.24) is 9.55 Å². The van der Waals surface area contributed by atoms with Crippen LogP contribution in [0.5, 0.6) is 0 Å². The Morgan fingerprint density at radius 2 is 1.97 bits per heavy atom. The molecule has 1 aromatic heterocycles. The molecular formula is C21H17Cl3F3N3O. The molecule has 0 saturated heterocycles. The Morgan fingerprint density at radius 1 is 1.23 bits per heavy atom. The number of carbonyl (C=O) groups is 1. The Morgan fingerprint density at radius 3 is 2.61 bits per heavy atom. The summed E-state index contributed by atoms with van der Waals surface area (Å²) < 4.78 is 42.0. The summed E-state index contributed by atoms with van der Waals surface area (Å²) in [5, 5.41) is 4.09. The average Bonchev–Trinajstić information content (AvgIpc) is 3.10. The number of nitrogens with one attached hydrogen (secondary N) is 1. The highest BCUT2D eigenvalue weighted by atomic mass is 35.5. The molecule has 0 saturated carbocycles. The second-order valence-corrected chi connectivity index (χ2v) is 8.56. The van der Waals surface area contributed by atoms with Crippen molar-refractivity contribution in [1.29, 1.82) is 0 Å². The number of nitrogens with zero attached hydrogens (tertiary/aromatic N) is 2. The van der Waals surface area contributed by atoms with Gasteiger partial charge >= 0.3 is 6.18 Å². The van der Waals surface area contributed by atoms with Gasteiger partial charge in [-0.1, -0.05) is 47.8 Å². The summed E-state index contributed by atoms with van der Waals surface area (Å²) >= 11 is 19.0. The molecule has 4 rings (SSSR count). The van der Waals surface area contributed by atoms with Crippen molar-refractivity contribution in [2.75, 3.05) is 11.9 Å². The number of hydrogen-bond donors (Lipinski definition) is 1. The summed E-state index contributed by atoms with van der Waals surface area (Å²) in [5.41, 5.74) is 1.89. The van der Waals surface area contributed by atoms with Crippen molar-refractivity contribution >= 4 is 57.6 Å². The summed E-state index contributed by atoms with van der Waals surface area (Å²) in [4.78, 5) is 16.9. The van der Waals surface area contributed by atoms with Crippen LogP contribution >= 0.6 is 34.8 Å². The SMILES string of the molecule is CCC(C(=O)C(F)(F)F)c1cc(-c2ccc(Cl)cc2Cl)c(Cl)c2nc3n(c12)CCCN3. The van der Waals surface area contributed by atoms with Gasteiger partial charge in [0.2, 0.25) is 11.7 Å². The molecule has 1 unspecified atom stereocenters. The van der Waals surface area contributed by atoms with E-state index in [0.717, 1.165) is 6.42 Å². The summed E-state index contributed by atoms with van der Waals surface area (Å²) in [5.74, 6) is -2.68. The lowest BCUT2D eigenvalue weighted by Gasteiger charge is -2.22. The molecule has 0 spiro atoms. The molecule has 2 aromatic carbocycles. The molecule has 1 atom stereocenters. The Bertz CT molecular complexity index is 1190. The van der Waals surface area contributed by atoms with E-state index >= 15 is 0 Å². The molecule has 10 heteroatoms. The molecule has 0 fully saturated rings. The molecule has 0 bridgehead atoms. The zero-order chi connectivity index (χ0) is 22.5. The highest BCUT2D eigenvalue weighted by Crippen LogP contribution is 2.44. The molecule has 3 aromatic rings. The Kier molecular flexibility index (Phi) is 5.87. The number of benzene rings is 2. The van der Waals surface area contributed by atoms with Crippen LogP contribution in [-0.2, 0) is 11.3 Å². The second kappa shape index (κ2) is 8.19. The predicted molar refractivity (Wildman–Crippen MR) is 117 cm³/mol. The van der Waals surface area contributed by atoms with Gasteiger partial charge in [-0.15, -0.1) is 0 Å². The number of rotatable bonds is 4. The highest BCUT2D eigenvalue weighted by Gasteiger charge is 2.44. The number of fused-ring (bicyclic) bond motifs is 3. The van der Waals surface area contributed by atoms with Crippen LogP contribution < -0.4 is 5.32 Å². The van der Waals surface area contributed by atoms with Crippen molar-refractivity contribution in [3.63, 3.8) is 0 Å². The molecular weight excluding hydrogens is 474 g/mol. The van der Waals surface area contributed by atoms with Crippen LogP contribution in [0.3, 0.4) is 0 Å². The molecule has 31 heavy (non-hydrogen) atoms. The third-order valence-corrected chi connectivity index (χ3v) is 6.36. The first kappa shape index (κ1) is 22.2. The number of alkyl halides is 3. The van der Waals surface area contributed by atoms with E-state index in [1.807, 2.05) is 0 Å². The fraction of sp³-hybridized carbons (Fsp3) is 0.333. The molecule has 1 aliphatic rings. The third-order valence-electron chi connectivity index (χ3n) is 5.43. The largest absolute Gasteiger partial charge is 0.450 e. The van der Waals surface area contributed by atoms with Gasteiger partial charge in [0.15, 0.2) is 0 Å². The number of halogens is 6. The first-order valence-electron chi connectivity index (χ1n) is 9.66. The number of anilines is 1. The first-order valence-corrected chi connectivity index (χ1v) is 10.8. The molecule has 1 aliphatic heterocycles. The zero-order valence-electron chi connectivity index (χ0n) is 16.3. The quantitative estimate of drug-likeness (QED) is 0.424. The lowest BCUT2D eigenvalue weighted by molar-refractivity contribution is -0.172. The van der Waals surface area contributed by atoms with E-state index in [2.05, 4.69) is 10.3 Å². The van der Waals surface area contributed by atoms with E-state index in [9.17, 15) is 18.0 Å². The number of aromatic nitrogens is 2. The summed E-state index contributed by atoms with van der Waals surface area (Å²) in [7, 11) is 0. The topological polar surface area (TPSA) is 46.9 Å². The lowest BCUT2D eigenvalue weighted by Crippen LogP contribution is -2.29. The van der Waals surface area contributed by atoms with Crippen molar-refractivity contribution < 1.29 is 18.0 Å². The van der Waals surface area contributed by atoms with Crippen LogP contribution in [0.25, 0.3) is 22.2 Å². The molecule has 2 heterocycles. The van der Waals surface area contributed by atoms with E-state index < -0.39 is 17.9 Å². The fourth-order valence-electron chi connectivity index (χ4n) is 4.02. The van der Waals surface area contributed by atoms with Gasteiger partial charge in [-0.05, 0) is 36.6 Å². The van der Waals surface area contributed by atoms with Gasteiger partial charge in [0.05, 0.1) is 16.5 Å². The standard InChI is InChI=1S/C21H17Cl3F3N3O/c1-2-11(19(31)21(25,26)27)14-9-13(12-5-4-10(22)8-15(12)23)16(24)17-18(14)30-7-3-6-28-20(30)29-17/h4-5,8-9,11H,2-3,6-7H2,1H3,(H,28,29). The Labute approximate surface area is 191 Å². The predicted octanol–water partition coefficient (Wildman–Crippen LogP) is 7.10.